The molecule has 1 atom stereocenters. The number of aliphatic carboxylic acids is 1. The van der Waals surface area contributed by atoms with Crippen LogP contribution in [0.1, 0.15) is 29.7 Å². The number of carbonyl (C=O) groups is 1. The number of fused-ring (bicyclic) bond motifs is 1. The summed E-state index contributed by atoms with van der Waals surface area (Å²) in [5.41, 5.74) is 8.85. The third kappa shape index (κ3) is 2.39. The highest BCUT2D eigenvalue weighted by Crippen LogP contribution is 2.20. The monoisotopic (exact) mass is 220 g/mol. The molecule has 0 spiro atoms. The lowest BCUT2D eigenvalue weighted by Gasteiger charge is -2.16. The van der Waals surface area contributed by atoms with Gasteiger partial charge in [-0.2, -0.15) is 0 Å². The Balaban J connectivity index is 2.14. The molecule has 1 unspecified atom stereocenters. The summed E-state index contributed by atoms with van der Waals surface area (Å²) in [5.74, 6) is -0.960. The Bertz CT molecular complexity index is 404. The van der Waals surface area contributed by atoms with Crippen LogP contribution in [0.3, 0.4) is 0 Å². The summed E-state index contributed by atoms with van der Waals surface area (Å²) < 4.78 is 0. The van der Waals surface area contributed by atoms with Crippen LogP contribution in [0.2, 0.25) is 0 Å². The van der Waals surface area contributed by atoms with Crippen LogP contribution in [0.15, 0.2) is 12.3 Å². The molecular formula is C12H16N2O2. The normalized spacial score (nSPS) is 16.6. The van der Waals surface area contributed by atoms with E-state index in [-0.39, 0.29) is 0 Å². The number of rotatable bonds is 3. The number of carboxylic acid groups (broad SMARTS) is 1. The van der Waals surface area contributed by atoms with Crippen LogP contribution in [0.25, 0.3) is 0 Å². The number of aromatic nitrogens is 1. The van der Waals surface area contributed by atoms with Crippen molar-refractivity contribution in [1.29, 1.82) is 0 Å². The second-order valence-corrected chi connectivity index (χ2v) is 4.31. The molecule has 3 N–H and O–H groups in total. The van der Waals surface area contributed by atoms with Crippen molar-refractivity contribution in [2.45, 2.75) is 38.1 Å². The Morgan fingerprint density at radius 3 is 3.00 bits per heavy atom. The molecule has 4 nitrogen and oxygen atoms in total. The van der Waals surface area contributed by atoms with Gasteiger partial charge in [-0.05, 0) is 43.2 Å². The first-order valence-electron chi connectivity index (χ1n) is 5.62. The van der Waals surface area contributed by atoms with Crippen LogP contribution >= 0.6 is 0 Å². The maximum atomic E-state index is 10.6. The van der Waals surface area contributed by atoms with Gasteiger partial charge in [0.05, 0.1) is 0 Å². The Morgan fingerprint density at radius 2 is 2.25 bits per heavy atom. The fourth-order valence-corrected chi connectivity index (χ4v) is 2.09. The lowest BCUT2D eigenvalue weighted by Crippen LogP contribution is -2.32. The van der Waals surface area contributed by atoms with Gasteiger partial charge < -0.3 is 10.8 Å². The first-order chi connectivity index (χ1) is 7.66. The van der Waals surface area contributed by atoms with Gasteiger partial charge in [0.2, 0.25) is 0 Å². The molecule has 0 saturated carbocycles. The molecule has 4 heteroatoms. The molecule has 1 heterocycles. The lowest BCUT2D eigenvalue weighted by molar-refractivity contribution is -0.138. The molecule has 16 heavy (non-hydrogen) atoms. The van der Waals surface area contributed by atoms with E-state index in [0.717, 1.165) is 18.4 Å². The fourth-order valence-electron chi connectivity index (χ4n) is 2.09. The van der Waals surface area contributed by atoms with E-state index in [0.29, 0.717) is 6.42 Å². The molecule has 0 aromatic carbocycles. The molecule has 1 aliphatic carbocycles. The topological polar surface area (TPSA) is 76.2 Å². The molecule has 1 aliphatic rings. The SMILES string of the molecule is NC(Cc1cnc2c(c1)CCCC2)C(=O)O. The molecule has 2 rings (SSSR count). The highest BCUT2D eigenvalue weighted by atomic mass is 16.4. The minimum Gasteiger partial charge on any atom is -0.480 e. The first kappa shape index (κ1) is 11.1. The summed E-state index contributed by atoms with van der Waals surface area (Å²) in [6.07, 6.45) is 6.61. The van der Waals surface area contributed by atoms with E-state index in [2.05, 4.69) is 11.1 Å². The molecule has 0 aliphatic heterocycles. The van der Waals surface area contributed by atoms with E-state index in [4.69, 9.17) is 10.8 Å². The number of aryl methyl sites for hydroxylation is 2. The van der Waals surface area contributed by atoms with Gasteiger partial charge in [0.25, 0.3) is 0 Å². The van der Waals surface area contributed by atoms with Gasteiger partial charge in [-0.1, -0.05) is 6.07 Å². The second-order valence-electron chi connectivity index (χ2n) is 4.31. The first-order valence-corrected chi connectivity index (χ1v) is 5.62. The van der Waals surface area contributed by atoms with Gasteiger partial charge in [-0.25, -0.2) is 0 Å². The summed E-state index contributed by atoms with van der Waals surface area (Å²) in [4.78, 5) is 15.0. The summed E-state index contributed by atoms with van der Waals surface area (Å²) in [7, 11) is 0. The van der Waals surface area contributed by atoms with E-state index in [1.54, 1.807) is 6.20 Å². The van der Waals surface area contributed by atoms with Gasteiger partial charge >= 0.3 is 5.97 Å². The molecule has 1 aromatic heterocycles. The van der Waals surface area contributed by atoms with Crippen LogP contribution in [0.4, 0.5) is 0 Å². The van der Waals surface area contributed by atoms with E-state index >= 15 is 0 Å². The van der Waals surface area contributed by atoms with Crippen molar-refractivity contribution < 1.29 is 9.90 Å². The molecule has 1 aromatic rings. The molecule has 0 saturated heterocycles. The van der Waals surface area contributed by atoms with Gasteiger partial charge in [-0.15, -0.1) is 0 Å². The molecule has 0 bridgehead atoms. The average Bonchev–Trinajstić information content (AvgIpc) is 2.28. The Morgan fingerprint density at radius 1 is 1.50 bits per heavy atom. The van der Waals surface area contributed by atoms with Gasteiger partial charge in [0.1, 0.15) is 6.04 Å². The average molecular weight is 220 g/mol. The van der Waals surface area contributed by atoms with E-state index in [9.17, 15) is 4.79 Å². The van der Waals surface area contributed by atoms with Crippen molar-refractivity contribution in [2.24, 2.45) is 5.73 Å². The number of hydrogen-bond acceptors (Lipinski definition) is 3. The quantitative estimate of drug-likeness (QED) is 0.794. The summed E-state index contributed by atoms with van der Waals surface area (Å²) >= 11 is 0. The molecule has 86 valence electrons. The van der Waals surface area contributed by atoms with Crippen LogP contribution in [0.5, 0.6) is 0 Å². The highest BCUT2D eigenvalue weighted by Gasteiger charge is 2.15. The third-order valence-electron chi connectivity index (χ3n) is 3.00. The summed E-state index contributed by atoms with van der Waals surface area (Å²) in [6, 6.07) is 1.23. The maximum absolute atomic E-state index is 10.6. The van der Waals surface area contributed by atoms with Gasteiger partial charge in [0.15, 0.2) is 0 Å². The molecular weight excluding hydrogens is 204 g/mol. The van der Waals surface area contributed by atoms with Crippen LogP contribution in [0, 0.1) is 0 Å². The Hall–Kier alpha value is -1.42. The predicted octanol–water partition coefficient (Wildman–Crippen LogP) is 0.915. The van der Waals surface area contributed by atoms with Crippen molar-refractivity contribution in [3.05, 3.63) is 29.1 Å². The van der Waals surface area contributed by atoms with E-state index in [1.807, 2.05) is 0 Å². The molecule has 0 amide bonds. The second kappa shape index (κ2) is 4.61. The predicted molar refractivity (Wildman–Crippen MR) is 60.2 cm³/mol. The molecule has 0 radical (unpaired) electrons. The van der Waals surface area contributed by atoms with Crippen molar-refractivity contribution in [3.63, 3.8) is 0 Å². The number of pyridine rings is 1. The number of hydrogen-bond donors (Lipinski definition) is 2. The standard InChI is InChI=1S/C12H16N2O2/c13-10(12(15)16)6-8-5-9-3-1-2-4-11(9)14-7-8/h5,7,10H,1-4,6,13H2,(H,15,16). The fraction of sp³-hybridized carbons (Fsp3) is 0.500. The number of nitrogens with two attached hydrogens (primary N) is 1. The van der Waals surface area contributed by atoms with Gasteiger partial charge in [0, 0.05) is 11.9 Å². The summed E-state index contributed by atoms with van der Waals surface area (Å²) in [6.45, 7) is 0. The maximum Gasteiger partial charge on any atom is 0.320 e. The largest absolute Gasteiger partial charge is 0.480 e. The minimum absolute atomic E-state index is 0.357. The van der Waals surface area contributed by atoms with Crippen molar-refractivity contribution in [2.75, 3.05) is 0 Å². The van der Waals surface area contributed by atoms with Crippen molar-refractivity contribution >= 4 is 5.97 Å². The zero-order valence-corrected chi connectivity index (χ0v) is 9.15. The van der Waals surface area contributed by atoms with Gasteiger partial charge in [-0.3, -0.25) is 9.78 Å². The Labute approximate surface area is 94.5 Å². The summed E-state index contributed by atoms with van der Waals surface area (Å²) in [5, 5.41) is 8.74. The van der Waals surface area contributed by atoms with Crippen LogP contribution in [-0.4, -0.2) is 22.1 Å². The Kier molecular flexibility index (Phi) is 3.19. The van der Waals surface area contributed by atoms with Crippen LogP contribution in [-0.2, 0) is 24.1 Å². The van der Waals surface area contributed by atoms with Crippen molar-refractivity contribution in [3.8, 4) is 0 Å². The smallest absolute Gasteiger partial charge is 0.320 e. The van der Waals surface area contributed by atoms with E-state index in [1.165, 1.54) is 24.1 Å². The zero-order chi connectivity index (χ0) is 11.5. The highest BCUT2D eigenvalue weighted by molar-refractivity contribution is 5.73. The number of carboxylic acids is 1. The minimum atomic E-state index is -0.960. The third-order valence-corrected chi connectivity index (χ3v) is 3.00. The zero-order valence-electron chi connectivity index (χ0n) is 9.15. The number of nitrogens with zero attached hydrogens (tertiary/aromatic N) is 1. The van der Waals surface area contributed by atoms with Crippen molar-refractivity contribution in [1.82, 2.24) is 4.98 Å². The lowest BCUT2D eigenvalue weighted by atomic mass is 9.94. The van der Waals surface area contributed by atoms with Crippen LogP contribution < -0.4 is 5.73 Å². The van der Waals surface area contributed by atoms with E-state index < -0.39 is 12.0 Å². The molecule has 0 fully saturated rings.